The number of carbonyl (C=O) groups excluding carboxylic acids is 2. The molecule has 0 aromatic heterocycles. The van der Waals surface area contributed by atoms with Crippen molar-refractivity contribution in [1.29, 1.82) is 0 Å². The number of amides is 3. The minimum absolute atomic E-state index is 0.0796. The van der Waals surface area contributed by atoms with Gasteiger partial charge in [-0.05, 0) is 49.2 Å². The Morgan fingerprint density at radius 2 is 1.91 bits per heavy atom. The van der Waals surface area contributed by atoms with Crippen molar-refractivity contribution in [3.05, 3.63) is 53.1 Å². The van der Waals surface area contributed by atoms with Gasteiger partial charge >= 0.3 is 12.0 Å². The van der Waals surface area contributed by atoms with Crippen molar-refractivity contribution in [2.75, 3.05) is 24.3 Å². The van der Waals surface area contributed by atoms with E-state index in [0.717, 1.165) is 0 Å². The highest BCUT2D eigenvalue weighted by atomic mass is 35.5. The Morgan fingerprint density at radius 1 is 1.15 bits per heavy atom. The number of urea groups is 1. The number of nitrogens with one attached hydrogen (secondary N) is 2. The third-order valence-electron chi connectivity index (χ3n) is 5.75. The maximum absolute atomic E-state index is 13.2. The van der Waals surface area contributed by atoms with Gasteiger partial charge in [0.05, 0.1) is 24.1 Å². The molecule has 2 aliphatic rings. The summed E-state index contributed by atoms with van der Waals surface area (Å²) in [5.41, 5.74) is 1.29. The number of anilines is 2. The van der Waals surface area contributed by atoms with Crippen LogP contribution in [-0.4, -0.2) is 59.8 Å². The summed E-state index contributed by atoms with van der Waals surface area (Å²) >= 11 is 5.94. The van der Waals surface area contributed by atoms with Gasteiger partial charge in [-0.25, -0.2) is 4.79 Å². The number of likely N-dealkylation sites (N-methyl/N-ethyl adjacent to an activating group) is 1. The monoisotopic (exact) mass is 473 g/mol. The Bertz CT molecular complexity index is 1080. The van der Waals surface area contributed by atoms with Gasteiger partial charge in [-0.2, -0.15) is 0 Å². The third kappa shape index (κ3) is 5.37. The number of hydrogen-bond donors (Lipinski definition) is 3. The number of carboxylic acid groups (broad SMARTS) is 1. The third-order valence-corrected chi connectivity index (χ3v) is 5.99. The Labute approximate surface area is 195 Å². The molecule has 1 saturated heterocycles. The van der Waals surface area contributed by atoms with Crippen molar-refractivity contribution in [3.63, 3.8) is 0 Å². The first-order valence-corrected chi connectivity index (χ1v) is 10.9. The second-order valence-corrected chi connectivity index (χ2v) is 8.50. The molecule has 33 heavy (non-hydrogen) atoms. The van der Waals surface area contributed by atoms with Gasteiger partial charge in [-0.1, -0.05) is 17.7 Å². The summed E-state index contributed by atoms with van der Waals surface area (Å²) in [6.45, 7) is 0.188. The highest BCUT2D eigenvalue weighted by Crippen LogP contribution is 2.32. The molecule has 10 heteroatoms. The SMILES string of the molecule is CN1C(=O)c2cc(NC(=O)Nc3cccc(Cl)c3)ccc2OC[C@@H]2O[C@@H](CC(=O)O)CC[C@@H]21. The van der Waals surface area contributed by atoms with Crippen LogP contribution in [0.1, 0.15) is 29.6 Å². The largest absolute Gasteiger partial charge is 0.490 e. The van der Waals surface area contributed by atoms with Gasteiger partial charge in [-0.15, -0.1) is 0 Å². The van der Waals surface area contributed by atoms with E-state index < -0.39 is 24.2 Å². The molecule has 3 amide bonds. The van der Waals surface area contributed by atoms with Gasteiger partial charge in [0.25, 0.3) is 5.91 Å². The van der Waals surface area contributed by atoms with E-state index in [1.54, 1.807) is 54.4 Å². The van der Waals surface area contributed by atoms with E-state index in [2.05, 4.69) is 10.6 Å². The first-order chi connectivity index (χ1) is 15.8. The van der Waals surface area contributed by atoms with Crippen LogP contribution in [0, 0.1) is 0 Å². The molecule has 0 radical (unpaired) electrons. The molecule has 2 aromatic rings. The summed E-state index contributed by atoms with van der Waals surface area (Å²) in [7, 11) is 1.70. The average Bonchev–Trinajstić information content (AvgIpc) is 2.76. The zero-order valence-electron chi connectivity index (χ0n) is 17.9. The molecular formula is C23H24ClN3O6. The summed E-state index contributed by atoms with van der Waals surface area (Å²) in [5.74, 6) is -0.812. The Kier molecular flexibility index (Phi) is 6.71. The van der Waals surface area contributed by atoms with Crippen LogP contribution in [0.3, 0.4) is 0 Å². The lowest BCUT2D eigenvalue weighted by Gasteiger charge is -2.42. The van der Waals surface area contributed by atoms with E-state index in [1.165, 1.54) is 0 Å². The summed E-state index contributed by atoms with van der Waals surface area (Å²) < 4.78 is 11.8. The van der Waals surface area contributed by atoms with Crippen LogP contribution >= 0.6 is 11.6 Å². The van der Waals surface area contributed by atoms with Crippen LogP contribution in [0.15, 0.2) is 42.5 Å². The van der Waals surface area contributed by atoms with Crippen LogP contribution in [0.2, 0.25) is 5.02 Å². The van der Waals surface area contributed by atoms with Crippen molar-refractivity contribution in [2.45, 2.75) is 37.5 Å². The molecule has 174 valence electrons. The van der Waals surface area contributed by atoms with E-state index in [-0.39, 0.29) is 25.0 Å². The number of aliphatic carboxylic acids is 1. The molecule has 9 nitrogen and oxygen atoms in total. The maximum Gasteiger partial charge on any atom is 0.323 e. The van der Waals surface area contributed by atoms with E-state index >= 15 is 0 Å². The van der Waals surface area contributed by atoms with Crippen molar-refractivity contribution < 1.29 is 29.0 Å². The number of hydrogen-bond acceptors (Lipinski definition) is 5. The van der Waals surface area contributed by atoms with E-state index in [4.69, 9.17) is 26.2 Å². The molecule has 2 aliphatic heterocycles. The van der Waals surface area contributed by atoms with Crippen LogP contribution in [0.25, 0.3) is 0 Å². The minimum Gasteiger partial charge on any atom is -0.490 e. The Morgan fingerprint density at radius 3 is 2.64 bits per heavy atom. The van der Waals surface area contributed by atoms with Crippen molar-refractivity contribution in [2.24, 2.45) is 0 Å². The number of fused-ring (bicyclic) bond motifs is 2. The zero-order valence-corrected chi connectivity index (χ0v) is 18.7. The summed E-state index contributed by atoms with van der Waals surface area (Å²) in [6.07, 6.45) is 0.252. The first kappa shape index (κ1) is 22.9. The molecule has 0 spiro atoms. The molecule has 0 aliphatic carbocycles. The van der Waals surface area contributed by atoms with Gasteiger partial charge in [0, 0.05) is 23.4 Å². The number of benzene rings is 2. The van der Waals surface area contributed by atoms with Crippen LogP contribution in [-0.2, 0) is 9.53 Å². The number of nitrogens with zero attached hydrogens (tertiary/aromatic N) is 1. The second kappa shape index (κ2) is 9.68. The normalized spacial score (nSPS) is 22.2. The van der Waals surface area contributed by atoms with Crippen molar-refractivity contribution in [1.82, 2.24) is 4.90 Å². The van der Waals surface area contributed by atoms with Gasteiger partial charge in [0.1, 0.15) is 18.5 Å². The van der Waals surface area contributed by atoms with Crippen LogP contribution < -0.4 is 15.4 Å². The minimum atomic E-state index is -0.917. The number of halogens is 1. The number of ether oxygens (including phenoxy) is 2. The fraction of sp³-hybridized carbons (Fsp3) is 0.348. The Balaban J connectivity index is 1.48. The fourth-order valence-electron chi connectivity index (χ4n) is 4.16. The van der Waals surface area contributed by atoms with Crippen molar-refractivity contribution in [3.8, 4) is 5.75 Å². The molecule has 0 unspecified atom stereocenters. The molecule has 0 bridgehead atoms. The van der Waals surface area contributed by atoms with Crippen molar-refractivity contribution >= 4 is 40.9 Å². The van der Waals surface area contributed by atoms with E-state index in [1.807, 2.05) is 0 Å². The quantitative estimate of drug-likeness (QED) is 0.621. The predicted molar refractivity (Wildman–Crippen MR) is 122 cm³/mol. The van der Waals surface area contributed by atoms with Crippen LogP contribution in [0.4, 0.5) is 16.2 Å². The standard InChI is InChI=1S/C23H24ClN3O6/c1-27-18-7-6-16(11-21(28)29)33-20(18)12-32-19-8-5-15(10-17(19)22(27)30)26-23(31)25-14-4-2-3-13(24)9-14/h2-5,8-10,16,18,20H,6-7,11-12H2,1H3,(H,28,29)(H2,25,26,31)/t16-,18+,20+/m1/s1. The second-order valence-electron chi connectivity index (χ2n) is 8.07. The number of carbonyl (C=O) groups is 3. The molecule has 3 atom stereocenters. The first-order valence-electron chi connectivity index (χ1n) is 10.5. The highest BCUT2D eigenvalue weighted by molar-refractivity contribution is 6.30. The number of rotatable bonds is 4. The molecule has 2 aromatic carbocycles. The van der Waals surface area contributed by atoms with Gasteiger partial charge in [0.2, 0.25) is 0 Å². The van der Waals surface area contributed by atoms with Crippen LogP contribution in [0.5, 0.6) is 5.75 Å². The van der Waals surface area contributed by atoms with E-state index in [0.29, 0.717) is 40.6 Å². The van der Waals surface area contributed by atoms with Gasteiger partial charge < -0.3 is 30.1 Å². The lowest BCUT2D eigenvalue weighted by molar-refractivity contribution is -0.148. The predicted octanol–water partition coefficient (Wildman–Crippen LogP) is 3.84. The van der Waals surface area contributed by atoms with E-state index in [9.17, 15) is 14.4 Å². The lowest BCUT2D eigenvalue weighted by Crippen LogP contribution is -2.53. The fourth-order valence-corrected chi connectivity index (χ4v) is 4.35. The highest BCUT2D eigenvalue weighted by Gasteiger charge is 2.39. The zero-order chi connectivity index (χ0) is 23.5. The maximum atomic E-state index is 13.2. The molecule has 2 heterocycles. The molecular weight excluding hydrogens is 450 g/mol. The van der Waals surface area contributed by atoms with Gasteiger partial charge in [0.15, 0.2) is 0 Å². The lowest BCUT2D eigenvalue weighted by atomic mass is 9.94. The summed E-state index contributed by atoms with van der Waals surface area (Å²) in [4.78, 5) is 38.2. The molecule has 1 fully saturated rings. The van der Waals surface area contributed by atoms with Gasteiger partial charge in [-0.3, -0.25) is 9.59 Å². The Hall–Kier alpha value is -3.30. The molecule has 3 N–H and O–H groups in total. The smallest absolute Gasteiger partial charge is 0.323 e. The molecule has 4 rings (SSSR count). The topological polar surface area (TPSA) is 117 Å². The average molecular weight is 474 g/mol. The number of carboxylic acids is 1. The summed E-state index contributed by atoms with van der Waals surface area (Å²) in [6, 6.07) is 10.9. The molecule has 0 saturated carbocycles. The summed E-state index contributed by atoms with van der Waals surface area (Å²) in [5, 5.41) is 15.0.